The first kappa shape index (κ1) is 32.6. The predicted octanol–water partition coefficient (Wildman–Crippen LogP) is 0.983. The third kappa shape index (κ3) is 8.77. The molecule has 0 spiro atoms. The van der Waals surface area contributed by atoms with E-state index >= 15 is 0 Å². The average Bonchev–Trinajstić information content (AvgIpc) is 3.31. The Morgan fingerprint density at radius 3 is 2.21 bits per heavy atom. The zero-order valence-electron chi connectivity index (χ0n) is 24.9. The summed E-state index contributed by atoms with van der Waals surface area (Å²) >= 11 is 0. The zero-order valence-corrected chi connectivity index (χ0v) is 24.9. The Morgan fingerprint density at radius 1 is 0.976 bits per heavy atom. The maximum absolute atomic E-state index is 13.8. The van der Waals surface area contributed by atoms with Crippen LogP contribution in [0, 0.1) is 17.3 Å². The molecule has 2 fully saturated rings. The maximum Gasteiger partial charge on any atom is 0.315 e. The van der Waals surface area contributed by atoms with E-state index in [1.165, 1.54) is 4.90 Å². The third-order valence-corrected chi connectivity index (χ3v) is 8.05. The van der Waals surface area contributed by atoms with Gasteiger partial charge in [0.25, 0.3) is 5.91 Å². The zero-order chi connectivity index (χ0) is 31.0. The number of benzene rings is 1. The van der Waals surface area contributed by atoms with Crippen LogP contribution in [-0.4, -0.2) is 71.6 Å². The highest BCUT2D eigenvalue weighted by Crippen LogP contribution is 2.32. The van der Waals surface area contributed by atoms with Gasteiger partial charge in [-0.15, -0.1) is 0 Å². The molecule has 0 bridgehead atoms. The molecule has 1 heterocycles. The molecule has 1 aromatic rings. The number of hydrogen-bond acceptors (Lipinski definition) is 6. The minimum absolute atomic E-state index is 0.218. The standard InChI is InChI=1S/C30H44N6O6/c1-18-13-14-36(23(18)27(40)34-21(24(38)26(31)39)15-19-11-8-12-19)28(41)25(30(2,3)4)35-29(42)33-17-22(37)32-16-20-9-6-5-7-10-20/h5-7,9-10,18-19,21,23,25H,8,11-17H2,1-4H3,(H2,31,39)(H,32,37)(H,34,40)(H2,33,35,42)/t18?,21?,23-,25?/m0/s1. The Balaban J connectivity index is 1.63. The van der Waals surface area contributed by atoms with Gasteiger partial charge in [0.15, 0.2) is 0 Å². The number of nitrogens with zero attached hydrogens (tertiary/aromatic N) is 1. The number of primary amides is 1. The number of likely N-dealkylation sites (tertiary alicyclic amines) is 1. The second-order valence-corrected chi connectivity index (χ2v) is 12.5. The molecule has 0 aromatic heterocycles. The first-order chi connectivity index (χ1) is 19.8. The van der Waals surface area contributed by atoms with Crippen LogP contribution in [0.4, 0.5) is 4.79 Å². The fourth-order valence-corrected chi connectivity index (χ4v) is 5.33. The van der Waals surface area contributed by atoms with Crippen molar-refractivity contribution >= 4 is 35.4 Å². The fraction of sp³-hybridized carbons (Fsp3) is 0.600. The van der Waals surface area contributed by atoms with Crippen LogP contribution in [0.3, 0.4) is 0 Å². The number of Topliss-reactive ketones (excluding diaryl/α,β-unsaturated/α-hetero) is 1. The van der Waals surface area contributed by atoms with Crippen molar-refractivity contribution in [1.29, 1.82) is 0 Å². The number of carbonyl (C=O) groups excluding carboxylic acids is 6. The summed E-state index contributed by atoms with van der Waals surface area (Å²) in [7, 11) is 0. The van der Waals surface area contributed by atoms with Gasteiger partial charge >= 0.3 is 6.03 Å². The molecular weight excluding hydrogens is 540 g/mol. The van der Waals surface area contributed by atoms with Crippen LogP contribution < -0.4 is 27.0 Å². The Hall–Kier alpha value is -3.96. The minimum atomic E-state index is -1.11. The van der Waals surface area contributed by atoms with Crippen LogP contribution in [0.5, 0.6) is 0 Å². The molecule has 6 amide bonds. The Morgan fingerprint density at radius 2 is 1.64 bits per heavy atom. The number of hydrogen-bond donors (Lipinski definition) is 5. The van der Waals surface area contributed by atoms with Gasteiger partial charge in [-0.25, -0.2) is 4.79 Å². The van der Waals surface area contributed by atoms with Crippen LogP contribution in [0.25, 0.3) is 0 Å². The molecule has 12 heteroatoms. The Labute approximate surface area is 246 Å². The normalized spacial score (nSPS) is 20.0. The van der Waals surface area contributed by atoms with Crippen LogP contribution >= 0.6 is 0 Å². The summed E-state index contributed by atoms with van der Waals surface area (Å²) in [4.78, 5) is 77.9. The minimum Gasteiger partial charge on any atom is -0.363 e. The van der Waals surface area contributed by atoms with Gasteiger partial charge in [-0.05, 0) is 35.7 Å². The van der Waals surface area contributed by atoms with Gasteiger partial charge in [0.05, 0.1) is 12.6 Å². The van der Waals surface area contributed by atoms with Gasteiger partial charge in [0, 0.05) is 13.1 Å². The maximum atomic E-state index is 13.8. The van der Waals surface area contributed by atoms with E-state index in [1.807, 2.05) is 37.3 Å². The van der Waals surface area contributed by atoms with Crippen molar-refractivity contribution in [3.05, 3.63) is 35.9 Å². The molecule has 1 saturated heterocycles. The number of ketones is 1. The van der Waals surface area contributed by atoms with Gasteiger partial charge < -0.3 is 31.9 Å². The van der Waals surface area contributed by atoms with Gasteiger partial charge in [0.1, 0.15) is 12.1 Å². The van der Waals surface area contributed by atoms with Gasteiger partial charge in [-0.2, -0.15) is 0 Å². The SMILES string of the molecule is CC1CCN(C(=O)C(NC(=O)NCC(=O)NCc2ccccc2)C(C)(C)C)[C@@H]1C(=O)NC(CC1CCC1)C(=O)C(N)=O. The van der Waals surface area contributed by atoms with Crippen molar-refractivity contribution in [3.63, 3.8) is 0 Å². The second kappa shape index (κ2) is 14.3. The molecular formula is C30H44N6O6. The largest absolute Gasteiger partial charge is 0.363 e. The van der Waals surface area contributed by atoms with E-state index in [4.69, 9.17) is 5.73 Å². The van der Waals surface area contributed by atoms with E-state index < -0.39 is 53.1 Å². The molecule has 1 saturated carbocycles. The van der Waals surface area contributed by atoms with Crippen LogP contribution in [-0.2, 0) is 30.5 Å². The van der Waals surface area contributed by atoms with E-state index in [0.29, 0.717) is 19.4 Å². The quantitative estimate of drug-likeness (QED) is 0.229. The van der Waals surface area contributed by atoms with Crippen LogP contribution in [0.1, 0.15) is 65.4 Å². The Bertz CT molecular complexity index is 1160. The smallest absolute Gasteiger partial charge is 0.315 e. The molecule has 3 rings (SSSR count). The van der Waals surface area contributed by atoms with Crippen molar-refractivity contribution in [3.8, 4) is 0 Å². The number of carbonyl (C=O) groups is 6. The van der Waals surface area contributed by atoms with Gasteiger partial charge in [-0.3, -0.25) is 24.0 Å². The summed E-state index contributed by atoms with van der Waals surface area (Å²) < 4.78 is 0. The first-order valence-corrected chi connectivity index (χ1v) is 14.6. The number of nitrogens with one attached hydrogen (secondary N) is 4. The third-order valence-electron chi connectivity index (χ3n) is 8.05. The monoisotopic (exact) mass is 584 g/mol. The molecule has 1 aromatic carbocycles. The predicted molar refractivity (Wildman–Crippen MR) is 155 cm³/mol. The van der Waals surface area contributed by atoms with Crippen LogP contribution in [0.2, 0.25) is 0 Å². The lowest BCUT2D eigenvalue weighted by Gasteiger charge is -2.36. The number of urea groups is 1. The highest BCUT2D eigenvalue weighted by atomic mass is 16.2. The van der Waals surface area contributed by atoms with Crippen molar-refractivity contribution in [1.82, 2.24) is 26.2 Å². The Kier molecular flexibility index (Phi) is 11.1. The lowest BCUT2D eigenvalue weighted by molar-refractivity contribution is -0.144. The van der Waals surface area contributed by atoms with Crippen molar-refractivity contribution < 1.29 is 28.8 Å². The molecule has 6 N–H and O–H groups in total. The van der Waals surface area contributed by atoms with Crippen molar-refractivity contribution in [2.75, 3.05) is 13.1 Å². The molecule has 2 aliphatic rings. The number of rotatable bonds is 12. The highest BCUT2D eigenvalue weighted by Gasteiger charge is 2.45. The molecule has 230 valence electrons. The average molecular weight is 585 g/mol. The number of amides is 6. The van der Waals surface area contributed by atoms with Crippen LogP contribution in [0.15, 0.2) is 30.3 Å². The molecule has 42 heavy (non-hydrogen) atoms. The van der Waals surface area contributed by atoms with E-state index in [0.717, 1.165) is 24.8 Å². The molecule has 0 radical (unpaired) electrons. The second-order valence-electron chi connectivity index (χ2n) is 12.5. The summed E-state index contributed by atoms with van der Waals surface area (Å²) in [6, 6.07) is 5.71. The lowest BCUT2D eigenvalue weighted by Crippen LogP contribution is -2.61. The fourth-order valence-electron chi connectivity index (χ4n) is 5.33. The van der Waals surface area contributed by atoms with E-state index in [9.17, 15) is 28.8 Å². The lowest BCUT2D eigenvalue weighted by atomic mass is 9.80. The number of nitrogens with two attached hydrogens (primary N) is 1. The van der Waals surface area contributed by atoms with Crippen molar-refractivity contribution in [2.24, 2.45) is 23.0 Å². The summed E-state index contributed by atoms with van der Waals surface area (Å²) in [6.45, 7) is 7.52. The van der Waals surface area contributed by atoms with E-state index in [-0.39, 0.29) is 30.8 Å². The van der Waals surface area contributed by atoms with Gasteiger partial charge in [-0.1, -0.05) is 77.3 Å². The molecule has 3 unspecified atom stereocenters. The molecule has 4 atom stereocenters. The first-order valence-electron chi connectivity index (χ1n) is 14.6. The van der Waals surface area contributed by atoms with E-state index in [1.54, 1.807) is 20.8 Å². The topological polar surface area (TPSA) is 180 Å². The van der Waals surface area contributed by atoms with E-state index in [2.05, 4.69) is 21.3 Å². The van der Waals surface area contributed by atoms with Gasteiger partial charge in [0.2, 0.25) is 23.5 Å². The molecule has 12 nitrogen and oxygen atoms in total. The molecule has 1 aliphatic carbocycles. The summed E-state index contributed by atoms with van der Waals surface area (Å²) in [5.41, 5.74) is 5.44. The molecule has 1 aliphatic heterocycles. The summed E-state index contributed by atoms with van der Waals surface area (Å²) in [6.07, 6.45) is 3.74. The summed E-state index contributed by atoms with van der Waals surface area (Å²) in [5, 5.41) is 10.6. The van der Waals surface area contributed by atoms with Crippen molar-refractivity contribution in [2.45, 2.75) is 84.5 Å². The summed E-state index contributed by atoms with van der Waals surface area (Å²) in [5.74, 6) is -3.32. The highest BCUT2D eigenvalue weighted by molar-refractivity contribution is 6.37.